The van der Waals surface area contributed by atoms with Crippen LogP contribution in [0.2, 0.25) is 0 Å². The Morgan fingerprint density at radius 3 is 2.42 bits per heavy atom. The van der Waals surface area contributed by atoms with Gasteiger partial charge in [-0.2, -0.15) is 0 Å². The third kappa shape index (κ3) is 3.61. The van der Waals surface area contributed by atoms with E-state index in [0.29, 0.717) is 11.7 Å². The Kier molecular flexibility index (Phi) is 4.93. The Hall–Kier alpha value is -2.33. The van der Waals surface area contributed by atoms with Gasteiger partial charge in [0.05, 0.1) is 0 Å². The lowest BCUT2D eigenvalue weighted by Crippen LogP contribution is -2.44. The third-order valence-corrected chi connectivity index (χ3v) is 5.76. The highest BCUT2D eigenvalue weighted by Gasteiger charge is 2.30. The van der Waals surface area contributed by atoms with Crippen LogP contribution in [0.3, 0.4) is 0 Å². The van der Waals surface area contributed by atoms with E-state index in [0.717, 1.165) is 57.5 Å². The molecule has 2 aliphatic heterocycles. The van der Waals surface area contributed by atoms with Gasteiger partial charge in [0.15, 0.2) is 0 Å². The third-order valence-electron chi connectivity index (χ3n) is 5.76. The number of aromatic hydroxyl groups is 1. The molecule has 0 atom stereocenters. The number of amides is 1. The number of para-hydroxylation sites is 1. The monoisotopic (exact) mass is 350 g/mol. The van der Waals surface area contributed by atoms with Gasteiger partial charge in [0.1, 0.15) is 5.75 Å². The number of phenols is 1. The zero-order chi connectivity index (χ0) is 17.9. The van der Waals surface area contributed by atoms with Crippen LogP contribution in [-0.4, -0.2) is 40.4 Å². The van der Waals surface area contributed by atoms with Crippen LogP contribution < -0.4 is 0 Å². The molecule has 0 radical (unpaired) electrons. The largest absolute Gasteiger partial charge is 0.508 e. The fourth-order valence-corrected chi connectivity index (χ4v) is 4.17. The number of piperidine rings is 1. The maximum absolute atomic E-state index is 12.9. The quantitative estimate of drug-likeness (QED) is 0.925. The molecule has 2 aromatic carbocycles. The van der Waals surface area contributed by atoms with Gasteiger partial charge < -0.3 is 10.0 Å². The molecule has 4 rings (SSSR count). The van der Waals surface area contributed by atoms with Gasteiger partial charge in [-0.1, -0.05) is 42.5 Å². The Bertz CT molecular complexity index is 781. The van der Waals surface area contributed by atoms with Gasteiger partial charge in [-0.15, -0.1) is 0 Å². The lowest BCUT2D eigenvalue weighted by Gasteiger charge is -2.36. The van der Waals surface area contributed by atoms with E-state index in [1.807, 2.05) is 23.1 Å². The lowest BCUT2D eigenvalue weighted by molar-refractivity contribution is -0.138. The smallest absolute Gasteiger partial charge is 0.226 e. The molecule has 2 heterocycles. The van der Waals surface area contributed by atoms with Crippen molar-refractivity contribution in [3.63, 3.8) is 0 Å². The second-order valence-electron chi connectivity index (χ2n) is 7.46. The van der Waals surface area contributed by atoms with Crippen molar-refractivity contribution in [3.8, 4) is 5.75 Å². The summed E-state index contributed by atoms with van der Waals surface area (Å²) in [6.45, 7) is 4.18. The number of hydrogen-bond donors (Lipinski definition) is 1. The van der Waals surface area contributed by atoms with Crippen LogP contribution in [-0.2, 0) is 24.3 Å². The highest BCUT2D eigenvalue weighted by atomic mass is 16.3. The Labute approximate surface area is 155 Å². The molecule has 2 aromatic rings. The summed E-state index contributed by atoms with van der Waals surface area (Å²) < 4.78 is 0. The molecule has 0 spiro atoms. The summed E-state index contributed by atoms with van der Waals surface area (Å²) in [5, 5.41) is 9.94. The van der Waals surface area contributed by atoms with Crippen LogP contribution in [0.4, 0.5) is 0 Å². The predicted molar refractivity (Wildman–Crippen MR) is 102 cm³/mol. The first-order chi connectivity index (χ1) is 12.7. The van der Waals surface area contributed by atoms with E-state index in [1.54, 1.807) is 6.07 Å². The van der Waals surface area contributed by atoms with Crippen molar-refractivity contribution in [2.45, 2.75) is 32.4 Å². The molecule has 0 saturated carbocycles. The average Bonchev–Trinajstić information content (AvgIpc) is 2.69. The van der Waals surface area contributed by atoms with E-state index < -0.39 is 0 Å². The van der Waals surface area contributed by atoms with Crippen LogP contribution in [0.15, 0.2) is 48.5 Å². The molecular formula is C22H26N2O2. The van der Waals surface area contributed by atoms with Crippen LogP contribution >= 0.6 is 0 Å². The number of carbonyl (C=O) groups excluding carboxylic acids is 1. The second-order valence-corrected chi connectivity index (χ2v) is 7.46. The first-order valence-corrected chi connectivity index (χ1v) is 9.55. The fourth-order valence-electron chi connectivity index (χ4n) is 4.17. The zero-order valence-corrected chi connectivity index (χ0v) is 15.1. The van der Waals surface area contributed by atoms with Gasteiger partial charge in [-0.05, 0) is 49.5 Å². The Morgan fingerprint density at radius 2 is 1.65 bits per heavy atom. The second kappa shape index (κ2) is 7.50. The predicted octanol–water partition coefficient (Wildman–Crippen LogP) is 3.19. The normalized spacial score (nSPS) is 18.5. The molecule has 1 fully saturated rings. The van der Waals surface area contributed by atoms with Gasteiger partial charge >= 0.3 is 0 Å². The van der Waals surface area contributed by atoms with Crippen LogP contribution in [0.5, 0.6) is 5.75 Å². The molecule has 2 aliphatic rings. The summed E-state index contributed by atoms with van der Waals surface area (Å²) in [6.07, 6.45) is 2.78. The molecule has 4 heteroatoms. The van der Waals surface area contributed by atoms with E-state index in [9.17, 15) is 9.90 Å². The average molecular weight is 350 g/mol. The number of phenolic OH excluding ortho intramolecular Hbond substituents is 1. The van der Waals surface area contributed by atoms with Gasteiger partial charge in [0.2, 0.25) is 5.91 Å². The lowest BCUT2D eigenvalue weighted by atomic mass is 9.93. The minimum atomic E-state index is 0.140. The molecule has 4 nitrogen and oxygen atoms in total. The van der Waals surface area contributed by atoms with Crippen molar-refractivity contribution < 1.29 is 9.90 Å². The van der Waals surface area contributed by atoms with Gasteiger partial charge in [-0.25, -0.2) is 0 Å². The van der Waals surface area contributed by atoms with Crippen molar-refractivity contribution in [3.05, 3.63) is 65.2 Å². The van der Waals surface area contributed by atoms with E-state index in [-0.39, 0.29) is 5.92 Å². The summed E-state index contributed by atoms with van der Waals surface area (Å²) in [5.41, 5.74) is 3.64. The number of fused-ring (bicyclic) bond motifs is 1. The summed E-state index contributed by atoms with van der Waals surface area (Å²) in [4.78, 5) is 17.3. The van der Waals surface area contributed by atoms with Crippen molar-refractivity contribution >= 4 is 5.91 Å². The topological polar surface area (TPSA) is 43.8 Å². The van der Waals surface area contributed by atoms with Crippen LogP contribution in [0.25, 0.3) is 0 Å². The van der Waals surface area contributed by atoms with E-state index in [2.05, 4.69) is 29.2 Å². The van der Waals surface area contributed by atoms with Gasteiger partial charge in [0.25, 0.3) is 0 Å². The molecule has 26 heavy (non-hydrogen) atoms. The van der Waals surface area contributed by atoms with E-state index in [1.165, 1.54) is 11.1 Å². The molecule has 0 unspecified atom stereocenters. The maximum atomic E-state index is 12.9. The molecule has 0 aromatic heterocycles. The highest BCUT2D eigenvalue weighted by molar-refractivity contribution is 5.79. The molecule has 0 bridgehead atoms. The Balaban J connectivity index is 1.32. The minimum absolute atomic E-state index is 0.140. The summed E-state index contributed by atoms with van der Waals surface area (Å²) in [7, 11) is 0. The number of hydrogen-bond acceptors (Lipinski definition) is 3. The van der Waals surface area contributed by atoms with Gasteiger partial charge in [0, 0.05) is 31.1 Å². The van der Waals surface area contributed by atoms with Crippen LogP contribution in [0, 0.1) is 5.92 Å². The molecule has 1 saturated heterocycles. The Morgan fingerprint density at radius 1 is 0.962 bits per heavy atom. The molecule has 136 valence electrons. The summed E-state index contributed by atoms with van der Waals surface area (Å²) in [5.74, 6) is 0.820. The number of rotatable bonds is 3. The number of nitrogens with zero attached hydrogens (tertiary/aromatic N) is 2. The molecule has 1 amide bonds. The SMILES string of the molecule is O=C(C1CCN(Cc2ccccc2O)CC1)N1CCc2ccccc2C1. The fraction of sp³-hybridized carbons (Fsp3) is 0.409. The van der Waals surface area contributed by atoms with E-state index in [4.69, 9.17) is 0 Å². The first-order valence-electron chi connectivity index (χ1n) is 9.55. The van der Waals surface area contributed by atoms with Crippen molar-refractivity contribution in [1.29, 1.82) is 0 Å². The summed E-state index contributed by atoms with van der Waals surface area (Å²) >= 11 is 0. The molecule has 0 aliphatic carbocycles. The minimum Gasteiger partial charge on any atom is -0.508 e. The number of likely N-dealkylation sites (tertiary alicyclic amines) is 1. The number of carbonyl (C=O) groups is 1. The number of benzene rings is 2. The maximum Gasteiger partial charge on any atom is 0.226 e. The first kappa shape index (κ1) is 17.1. The van der Waals surface area contributed by atoms with Gasteiger partial charge in [-0.3, -0.25) is 9.69 Å². The van der Waals surface area contributed by atoms with Crippen LogP contribution in [0.1, 0.15) is 29.5 Å². The summed E-state index contributed by atoms with van der Waals surface area (Å²) in [6, 6.07) is 16.0. The van der Waals surface area contributed by atoms with Crippen molar-refractivity contribution in [2.24, 2.45) is 5.92 Å². The van der Waals surface area contributed by atoms with E-state index >= 15 is 0 Å². The highest BCUT2D eigenvalue weighted by Crippen LogP contribution is 2.26. The standard InChI is InChI=1S/C22H26N2O2/c25-21-8-4-3-7-20(21)15-23-12-9-18(10-13-23)22(26)24-14-11-17-5-1-2-6-19(17)16-24/h1-8,18,25H,9-16H2. The zero-order valence-electron chi connectivity index (χ0n) is 15.1. The van der Waals surface area contributed by atoms with Crippen molar-refractivity contribution in [1.82, 2.24) is 9.80 Å². The van der Waals surface area contributed by atoms with Crippen molar-refractivity contribution in [2.75, 3.05) is 19.6 Å². The molecule has 1 N–H and O–H groups in total. The molecular weight excluding hydrogens is 324 g/mol.